The summed E-state index contributed by atoms with van der Waals surface area (Å²) in [4.78, 5) is 30.2. The smallest absolute Gasteiger partial charge is 0.410 e. The number of amides is 1. The number of fused-ring (bicyclic) bond motifs is 2. The first-order valence-corrected chi connectivity index (χ1v) is 12.3. The van der Waals surface area contributed by atoms with Crippen LogP contribution >= 0.6 is 0 Å². The predicted molar refractivity (Wildman–Crippen MR) is 138 cm³/mol. The summed E-state index contributed by atoms with van der Waals surface area (Å²) in [6.07, 6.45) is 7.40. The number of hydrogen-bond acceptors (Lipinski definition) is 4. The van der Waals surface area contributed by atoms with Gasteiger partial charge in [0.15, 0.2) is 0 Å². The Morgan fingerprint density at radius 1 is 1.17 bits per heavy atom. The quantitative estimate of drug-likeness (QED) is 0.326. The first-order chi connectivity index (χ1) is 16.7. The minimum absolute atomic E-state index is 0.0480. The van der Waals surface area contributed by atoms with Gasteiger partial charge in [-0.2, -0.15) is 0 Å². The summed E-state index contributed by atoms with van der Waals surface area (Å²) in [7, 11) is 0. The zero-order valence-corrected chi connectivity index (χ0v) is 21.0. The van der Waals surface area contributed by atoms with E-state index in [4.69, 9.17) is 9.47 Å². The summed E-state index contributed by atoms with van der Waals surface area (Å²) in [6.45, 7) is 8.39. The molecule has 1 amide bonds. The van der Waals surface area contributed by atoms with Crippen LogP contribution in [0.4, 0.5) is 4.79 Å². The average molecular weight is 475 g/mol. The Hall–Kier alpha value is -3.54. The van der Waals surface area contributed by atoms with Crippen LogP contribution in [0.3, 0.4) is 0 Å². The van der Waals surface area contributed by atoms with Crippen molar-refractivity contribution < 1.29 is 19.1 Å². The molecule has 1 N–H and O–H groups in total. The van der Waals surface area contributed by atoms with Gasteiger partial charge in [-0.15, -0.1) is 0 Å². The molecule has 4 rings (SSSR count). The second-order valence-electron chi connectivity index (χ2n) is 9.88. The van der Waals surface area contributed by atoms with Crippen molar-refractivity contribution in [1.29, 1.82) is 0 Å². The van der Waals surface area contributed by atoms with Crippen molar-refractivity contribution >= 4 is 29.0 Å². The molecule has 0 aliphatic heterocycles. The number of hydrogen-bond donors (Lipinski definition) is 1. The number of esters is 1. The largest absolute Gasteiger partial charge is 0.463 e. The highest BCUT2D eigenvalue weighted by molar-refractivity contribution is 5.87. The maximum atomic E-state index is 13.3. The number of nitrogens with one attached hydrogen (secondary N) is 1. The predicted octanol–water partition coefficient (Wildman–Crippen LogP) is 6.21. The van der Waals surface area contributed by atoms with Crippen molar-refractivity contribution in [2.24, 2.45) is 0 Å². The molecule has 0 fully saturated rings. The lowest BCUT2D eigenvalue weighted by Crippen LogP contribution is -2.40. The van der Waals surface area contributed by atoms with Gasteiger partial charge in [0.2, 0.25) is 0 Å². The summed E-state index contributed by atoms with van der Waals surface area (Å²) in [6, 6.07) is 14.3. The number of aryl methyl sites for hydroxylation is 1. The fourth-order valence-corrected chi connectivity index (χ4v) is 4.67. The van der Waals surface area contributed by atoms with Crippen molar-refractivity contribution in [3.8, 4) is 0 Å². The van der Waals surface area contributed by atoms with Crippen LogP contribution in [-0.4, -0.2) is 40.7 Å². The number of nitrogens with zero attached hydrogens (tertiary/aromatic N) is 1. The van der Waals surface area contributed by atoms with E-state index < -0.39 is 5.60 Å². The van der Waals surface area contributed by atoms with E-state index in [-0.39, 0.29) is 18.1 Å². The lowest BCUT2D eigenvalue weighted by atomic mass is 10.0. The number of carbonyl (C=O) groups is 2. The Bertz CT molecular complexity index is 1230. The molecule has 184 valence electrons. The van der Waals surface area contributed by atoms with Crippen molar-refractivity contribution in [3.63, 3.8) is 0 Å². The monoisotopic (exact) mass is 474 g/mol. The molecular formula is C29H34N2O4. The normalized spacial score (nSPS) is 15.4. The number of rotatable bonds is 7. The van der Waals surface area contributed by atoms with Gasteiger partial charge in [-0.3, -0.25) is 0 Å². The molecule has 1 heterocycles. The van der Waals surface area contributed by atoms with Crippen LogP contribution in [0.15, 0.2) is 54.7 Å². The summed E-state index contributed by atoms with van der Waals surface area (Å²) in [5, 5.41) is 1.18. The fourth-order valence-electron chi connectivity index (χ4n) is 4.67. The van der Waals surface area contributed by atoms with Crippen LogP contribution in [0, 0.1) is 0 Å². The van der Waals surface area contributed by atoms with Crippen molar-refractivity contribution in [2.45, 2.75) is 58.6 Å². The van der Waals surface area contributed by atoms with E-state index in [2.05, 4.69) is 29.2 Å². The Labute approximate surface area is 206 Å². The van der Waals surface area contributed by atoms with Gasteiger partial charge in [0, 0.05) is 29.7 Å². The highest BCUT2D eigenvalue weighted by Gasteiger charge is 2.33. The Morgan fingerprint density at radius 2 is 1.97 bits per heavy atom. The van der Waals surface area contributed by atoms with E-state index in [0.717, 1.165) is 35.9 Å². The highest BCUT2D eigenvalue weighted by atomic mass is 16.6. The maximum absolute atomic E-state index is 13.3. The third-order valence-electron chi connectivity index (χ3n) is 6.21. The van der Waals surface area contributed by atoms with Crippen LogP contribution in [0.25, 0.3) is 17.0 Å². The van der Waals surface area contributed by atoms with Crippen molar-refractivity contribution in [2.75, 3.05) is 13.2 Å². The van der Waals surface area contributed by atoms with Gasteiger partial charge in [0.1, 0.15) is 5.60 Å². The number of aromatic nitrogens is 1. The standard InChI is InChI=1S/C29H34N2O4/c1-5-34-27(32)15-11-20-10-13-24-21(18-20)12-14-26(24)31(28(33)35-29(2,3)4)17-16-22-19-30-25-9-7-6-8-23(22)25/h6-11,13,15,18-19,26,30H,5,12,14,16-17H2,1-4H3/b15-11+. The van der Waals surface area contributed by atoms with Crippen LogP contribution < -0.4 is 0 Å². The van der Waals surface area contributed by atoms with Crippen LogP contribution in [0.2, 0.25) is 0 Å². The Balaban J connectivity index is 1.56. The molecule has 1 atom stereocenters. The Morgan fingerprint density at radius 3 is 2.74 bits per heavy atom. The molecule has 6 nitrogen and oxygen atoms in total. The molecule has 0 spiro atoms. The summed E-state index contributed by atoms with van der Waals surface area (Å²) < 4.78 is 10.8. The molecular weight excluding hydrogens is 440 g/mol. The van der Waals surface area contributed by atoms with Gasteiger partial charge in [0.25, 0.3) is 0 Å². The number of ether oxygens (including phenoxy) is 2. The van der Waals surface area contributed by atoms with E-state index in [1.807, 2.05) is 50.1 Å². The molecule has 0 radical (unpaired) electrons. The van der Waals surface area contributed by atoms with Gasteiger partial charge in [-0.25, -0.2) is 9.59 Å². The highest BCUT2D eigenvalue weighted by Crippen LogP contribution is 2.37. The molecule has 1 aliphatic rings. The number of H-pyrrole nitrogens is 1. The number of aromatic amines is 1. The molecule has 0 saturated carbocycles. The SMILES string of the molecule is CCOC(=O)/C=C/c1ccc2c(c1)CCC2N(CCc1c[nH]c2ccccc12)C(=O)OC(C)(C)C. The average Bonchev–Trinajstić information content (AvgIpc) is 3.41. The molecule has 1 aromatic heterocycles. The van der Waals surface area contributed by atoms with Crippen molar-refractivity contribution in [1.82, 2.24) is 9.88 Å². The first kappa shape index (κ1) is 24.6. The van der Waals surface area contributed by atoms with E-state index >= 15 is 0 Å². The lowest BCUT2D eigenvalue weighted by Gasteiger charge is -2.32. The maximum Gasteiger partial charge on any atom is 0.410 e. The molecule has 1 aliphatic carbocycles. The van der Waals surface area contributed by atoms with Crippen molar-refractivity contribution in [3.05, 3.63) is 77.0 Å². The summed E-state index contributed by atoms with van der Waals surface area (Å²) in [5.41, 5.74) is 5.00. The minimum atomic E-state index is -0.570. The third kappa shape index (κ3) is 5.94. The number of benzene rings is 2. The van der Waals surface area contributed by atoms with E-state index in [1.54, 1.807) is 13.0 Å². The second kappa shape index (κ2) is 10.4. The molecule has 35 heavy (non-hydrogen) atoms. The Kier molecular flexibility index (Phi) is 7.29. The number of para-hydroxylation sites is 1. The van der Waals surface area contributed by atoms with Crippen LogP contribution in [-0.2, 0) is 27.1 Å². The molecule has 1 unspecified atom stereocenters. The topological polar surface area (TPSA) is 71.6 Å². The third-order valence-corrected chi connectivity index (χ3v) is 6.21. The molecule has 2 aromatic carbocycles. The molecule has 6 heteroatoms. The molecule has 3 aromatic rings. The van der Waals surface area contributed by atoms with Gasteiger partial charge in [0.05, 0.1) is 12.6 Å². The van der Waals surface area contributed by atoms with Crippen LogP contribution in [0.5, 0.6) is 0 Å². The fraction of sp³-hybridized carbons (Fsp3) is 0.379. The first-order valence-electron chi connectivity index (χ1n) is 12.3. The lowest BCUT2D eigenvalue weighted by molar-refractivity contribution is -0.137. The van der Waals surface area contributed by atoms with Gasteiger partial charge in [-0.1, -0.05) is 36.4 Å². The van der Waals surface area contributed by atoms with Crippen LogP contribution in [0.1, 0.15) is 62.4 Å². The van der Waals surface area contributed by atoms with Gasteiger partial charge >= 0.3 is 12.1 Å². The zero-order valence-electron chi connectivity index (χ0n) is 21.0. The summed E-state index contributed by atoms with van der Waals surface area (Å²) in [5.74, 6) is -0.348. The number of carbonyl (C=O) groups excluding carboxylic acids is 2. The zero-order chi connectivity index (χ0) is 25.0. The van der Waals surface area contributed by atoms with E-state index in [0.29, 0.717) is 13.2 Å². The summed E-state index contributed by atoms with van der Waals surface area (Å²) >= 11 is 0. The minimum Gasteiger partial charge on any atom is -0.463 e. The van der Waals surface area contributed by atoms with E-state index in [9.17, 15) is 9.59 Å². The molecule has 0 bridgehead atoms. The van der Waals surface area contributed by atoms with Gasteiger partial charge in [-0.05, 0) is 81.4 Å². The molecule has 0 saturated heterocycles. The second-order valence-corrected chi connectivity index (χ2v) is 9.88. The van der Waals surface area contributed by atoms with Gasteiger partial charge < -0.3 is 19.4 Å². The van der Waals surface area contributed by atoms with E-state index in [1.165, 1.54) is 22.6 Å².